The molecule has 2 aromatic heterocycles. The minimum absolute atomic E-state index is 1.18. The Balaban J connectivity index is 1.03. The summed E-state index contributed by atoms with van der Waals surface area (Å²) in [5, 5.41) is 0. The summed E-state index contributed by atoms with van der Waals surface area (Å²) >= 11 is 3.74. The molecule has 0 bridgehead atoms. The summed E-state index contributed by atoms with van der Waals surface area (Å²) in [7, 11) is 0. The smallest absolute Gasteiger partial charge is 0.0449 e. The van der Waals surface area contributed by atoms with Crippen LogP contribution in [0.2, 0.25) is 0 Å². The van der Waals surface area contributed by atoms with E-state index in [1.807, 2.05) is 22.7 Å². The molecule has 6 aromatic rings. The predicted molar refractivity (Wildman–Crippen MR) is 216 cm³/mol. The third-order valence-corrected chi connectivity index (χ3v) is 11.3. The predicted octanol–water partition coefficient (Wildman–Crippen LogP) is 14.6. The maximum absolute atomic E-state index is 2.27. The molecule has 0 aliphatic carbocycles. The van der Waals surface area contributed by atoms with E-state index in [1.165, 1.54) is 115 Å². The van der Waals surface area contributed by atoms with E-state index in [0.717, 1.165) is 0 Å². The second kappa shape index (κ2) is 17.2. The van der Waals surface area contributed by atoms with Crippen LogP contribution in [0, 0.1) is 0 Å². The highest BCUT2D eigenvalue weighted by molar-refractivity contribution is 7.25. The number of unbranched alkanes of at least 4 members (excludes halogenated alkanes) is 4. The molecule has 0 aliphatic heterocycles. The van der Waals surface area contributed by atoms with E-state index in [4.69, 9.17) is 0 Å². The van der Waals surface area contributed by atoms with Gasteiger partial charge in [0.25, 0.3) is 0 Å². The van der Waals surface area contributed by atoms with E-state index in [1.54, 1.807) is 0 Å². The summed E-state index contributed by atoms with van der Waals surface area (Å²) < 4.78 is 0. The van der Waals surface area contributed by atoms with Gasteiger partial charge in [-0.3, -0.25) is 0 Å². The highest BCUT2D eigenvalue weighted by atomic mass is 32.1. The molecular formula is C46H46S2. The second-order valence-corrected chi connectivity index (χ2v) is 14.8. The number of benzene rings is 4. The van der Waals surface area contributed by atoms with Crippen LogP contribution in [0.5, 0.6) is 0 Å². The van der Waals surface area contributed by atoms with Crippen LogP contribution in [0.25, 0.3) is 54.9 Å². The van der Waals surface area contributed by atoms with Gasteiger partial charge in [-0.05, 0) is 94.5 Å². The Bertz CT molecular complexity index is 1750. The van der Waals surface area contributed by atoms with Gasteiger partial charge >= 0.3 is 0 Å². The average Bonchev–Trinajstić information content (AvgIpc) is 3.83. The molecule has 6 rings (SSSR count). The van der Waals surface area contributed by atoms with E-state index in [-0.39, 0.29) is 0 Å². The molecule has 0 unspecified atom stereocenters. The van der Waals surface area contributed by atoms with Gasteiger partial charge in [-0.1, -0.05) is 161 Å². The Morgan fingerprint density at radius 2 is 0.667 bits per heavy atom. The van der Waals surface area contributed by atoms with Crippen LogP contribution in [0.15, 0.2) is 121 Å². The van der Waals surface area contributed by atoms with Crippen molar-refractivity contribution in [3.8, 4) is 30.6 Å². The highest BCUT2D eigenvalue weighted by Crippen LogP contribution is 2.40. The molecule has 48 heavy (non-hydrogen) atoms. The summed E-state index contributed by atoms with van der Waals surface area (Å²) in [6.45, 7) is 4.52. The molecule has 0 aliphatic rings. The molecule has 0 radical (unpaired) electrons. The monoisotopic (exact) mass is 662 g/mol. The van der Waals surface area contributed by atoms with Gasteiger partial charge in [0, 0.05) is 19.5 Å². The molecule has 2 heterocycles. The summed E-state index contributed by atoms with van der Waals surface area (Å²) in [6.07, 6.45) is 18.9. The topological polar surface area (TPSA) is 0 Å². The zero-order valence-corrected chi connectivity index (χ0v) is 30.0. The SMILES string of the molecule is CCCCCc1ccc(C=Cc2ccc(-c3ccc(-c4ccc(-c5ccc(C=Cc6ccc(CCCCC)cc6)cc5)s4)s3)cc2)cc1. The van der Waals surface area contributed by atoms with Gasteiger partial charge in [-0.25, -0.2) is 0 Å². The normalized spacial score (nSPS) is 11.6. The zero-order chi connectivity index (χ0) is 33.0. The first-order valence-corrected chi connectivity index (χ1v) is 19.2. The van der Waals surface area contributed by atoms with Crippen LogP contribution in [-0.2, 0) is 12.8 Å². The number of aryl methyl sites for hydroxylation is 2. The summed E-state index contributed by atoms with van der Waals surface area (Å²) in [5.41, 5.74) is 10.3. The van der Waals surface area contributed by atoms with Gasteiger partial charge in [-0.15, -0.1) is 22.7 Å². The fraction of sp³-hybridized carbons (Fsp3) is 0.217. The van der Waals surface area contributed by atoms with E-state index in [0.29, 0.717) is 0 Å². The molecule has 0 saturated carbocycles. The summed E-state index contributed by atoms with van der Waals surface area (Å²) in [6, 6.07) is 44.9. The lowest BCUT2D eigenvalue weighted by molar-refractivity contribution is 0.717. The minimum Gasteiger partial charge on any atom is -0.134 e. The number of rotatable bonds is 15. The fourth-order valence-corrected chi connectivity index (χ4v) is 8.02. The first-order valence-electron chi connectivity index (χ1n) is 17.6. The van der Waals surface area contributed by atoms with Crippen LogP contribution in [-0.4, -0.2) is 0 Å². The van der Waals surface area contributed by atoms with Gasteiger partial charge in [0.05, 0.1) is 0 Å². The van der Waals surface area contributed by atoms with Gasteiger partial charge in [-0.2, -0.15) is 0 Å². The van der Waals surface area contributed by atoms with Crippen LogP contribution >= 0.6 is 22.7 Å². The van der Waals surface area contributed by atoms with Crippen molar-refractivity contribution in [3.63, 3.8) is 0 Å². The largest absolute Gasteiger partial charge is 0.134 e. The lowest BCUT2D eigenvalue weighted by atomic mass is 10.0. The zero-order valence-electron chi connectivity index (χ0n) is 28.3. The minimum atomic E-state index is 1.18. The standard InChI is InChI=1S/C46H46S2/c1-3-5-7-9-35-11-15-37(16-12-35)19-21-39-23-27-41(28-24-39)43-31-33-45(47-43)46-34-32-44(48-46)42-29-25-40(26-30-42)22-20-38-17-13-36(14-18-38)10-8-6-4-2/h11-34H,3-10H2,1-2H3. The number of hydrogen-bond donors (Lipinski definition) is 0. The molecule has 0 saturated heterocycles. The Kier molecular flexibility index (Phi) is 12.1. The quantitative estimate of drug-likeness (QED) is 0.0758. The van der Waals surface area contributed by atoms with Crippen molar-refractivity contribution < 1.29 is 0 Å². The summed E-state index contributed by atoms with van der Waals surface area (Å²) in [5.74, 6) is 0. The van der Waals surface area contributed by atoms with Crippen LogP contribution in [0.4, 0.5) is 0 Å². The third-order valence-electron chi connectivity index (χ3n) is 8.88. The third kappa shape index (κ3) is 9.43. The fourth-order valence-electron chi connectivity index (χ4n) is 5.90. The molecule has 0 nitrogen and oxygen atoms in total. The summed E-state index contributed by atoms with van der Waals surface area (Å²) in [4.78, 5) is 5.24. The maximum atomic E-state index is 2.27. The molecule has 0 amide bonds. The Morgan fingerprint density at radius 1 is 0.354 bits per heavy atom. The van der Waals surface area contributed by atoms with Gasteiger partial charge < -0.3 is 0 Å². The van der Waals surface area contributed by atoms with Crippen LogP contribution in [0.1, 0.15) is 85.8 Å². The lowest BCUT2D eigenvalue weighted by Gasteiger charge is -2.02. The second-order valence-electron chi connectivity index (χ2n) is 12.6. The molecule has 0 atom stereocenters. The van der Waals surface area contributed by atoms with Gasteiger partial charge in [0.15, 0.2) is 0 Å². The van der Waals surface area contributed by atoms with E-state index >= 15 is 0 Å². The van der Waals surface area contributed by atoms with Crippen LogP contribution in [0.3, 0.4) is 0 Å². The molecule has 242 valence electrons. The van der Waals surface area contributed by atoms with Gasteiger partial charge in [0.2, 0.25) is 0 Å². The molecule has 0 N–H and O–H groups in total. The van der Waals surface area contributed by atoms with E-state index in [9.17, 15) is 0 Å². The Labute approximate surface area is 296 Å². The van der Waals surface area contributed by atoms with Crippen molar-refractivity contribution in [1.82, 2.24) is 0 Å². The number of thiophene rings is 2. The van der Waals surface area contributed by atoms with E-state index in [2.05, 4.69) is 159 Å². The average molecular weight is 663 g/mol. The lowest BCUT2D eigenvalue weighted by Crippen LogP contribution is -1.85. The van der Waals surface area contributed by atoms with Crippen molar-refractivity contribution in [2.75, 3.05) is 0 Å². The molecular weight excluding hydrogens is 617 g/mol. The van der Waals surface area contributed by atoms with Crippen molar-refractivity contribution in [2.45, 2.75) is 65.2 Å². The Morgan fingerprint density at radius 3 is 1.00 bits per heavy atom. The van der Waals surface area contributed by atoms with Crippen molar-refractivity contribution >= 4 is 47.0 Å². The molecule has 0 spiro atoms. The van der Waals surface area contributed by atoms with Crippen molar-refractivity contribution in [3.05, 3.63) is 155 Å². The first kappa shape index (κ1) is 33.7. The van der Waals surface area contributed by atoms with Crippen molar-refractivity contribution in [2.24, 2.45) is 0 Å². The first-order chi connectivity index (χ1) is 23.7. The Hall–Kier alpha value is -4.24. The van der Waals surface area contributed by atoms with E-state index < -0.39 is 0 Å². The number of hydrogen-bond acceptors (Lipinski definition) is 2. The molecule has 0 fully saturated rings. The van der Waals surface area contributed by atoms with Crippen LogP contribution < -0.4 is 0 Å². The highest BCUT2D eigenvalue weighted by Gasteiger charge is 2.09. The maximum Gasteiger partial charge on any atom is 0.0449 e. The molecule has 4 aromatic carbocycles. The van der Waals surface area contributed by atoms with Crippen molar-refractivity contribution in [1.29, 1.82) is 0 Å². The molecule has 2 heteroatoms. The van der Waals surface area contributed by atoms with Gasteiger partial charge in [0.1, 0.15) is 0 Å².